The van der Waals surface area contributed by atoms with Crippen LogP contribution in [0.3, 0.4) is 0 Å². The predicted octanol–water partition coefficient (Wildman–Crippen LogP) is 4.30. The topological polar surface area (TPSA) is 134 Å². The number of benzene rings is 2. The summed E-state index contributed by atoms with van der Waals surface area (Å²) in [6, 6.07) is 14.2. The van der Waals surface area contributed by atoms with Gasteiger partial charge in [0.15, 0.2) is 17.3 Å². The fourth-order valence-corrected chi connectivity index (χ4v) is 3.41. The maximum Gasteiger partial charge on any atom is 0.282 e. The van der Waals surface area contributed by atoms with Crippen molar-refractivity contribution in [2.24, 2.45) is 4.99 Å². The third-order valence-corrected chi connectivity index (χ3v) is 4.88. The fraction of sp³-hybridized carbons (Fsp3) is 0.0476. The monoisotopic (exact) mass is 431 g/mol. The zero-order chi connectivity index (χ0) is 22.2. The number of hydrogen-bond donors (Lipinski definition) is 0. The number of ether oxygens (including phenoxy) is 2. The molecule has 1 aliphatic rings. The highest BCUT2D eigenvalue weighted by atomic mass is 16.7. The molecule has 0 radical (unpaired) electrons. The zero-order valence-corrected chi connectivity index (χ0v) is 16.2. The standard InChI is InChI=1S/C21H13N5O6/c27-25(28)15-5-3-4-13(8-15)20-21(24-7-2-1-6-19(24)23-20)22-11-14-9-17-18(32-12-31-17)10-16(14)26(29)30/h1-11H,12H2. The summed E-state index contributed by atoms with van der Waals surface area (Å²) in [4.78, 5) is 30.8. The van der Waals surface area contributed by atoms with E-state index in [1.807, 2.05) is 0 Å². The van der Waals surface area contributed by atoms with Gasteiger partial charge in [-0.2, -0.15) is 0 Å². The summed E-state index contributed by atoms with van der Waals surface area (Å²) in [5, 5.41) is 22.8. The Morgan fingerprint density at radius 3 is 2.59 bits per heavy atom. The van der Waals surface area contributed by atoms with E-state index in [2.05, 4.69) is 9.98 Å². The molecular weight excluding hydrogens is 418 g/mol. The highest BCUT2D eigenvalue weighted by Gasteiger charge is 2.23. The third kappa shape index (κ3) is 3.27. The van der Waals surface area contributed by atoms with Crippen LogP contribution in [-0.2, 0) is 0 Å². The van der Waals surface area contributed by atoms with Crippen LogP contribution in [0.1, 0.15) is 5.56 Å². The van der Waals surface area contributed by atoms with Crippen LogP contribution in [0, 0.1) is 20.2 Å². The maximum absolute atomic E-state index is 11.6. The quantitative estimate of drug-likeness (QED) is 0.261. The molecule has 11 heteroatoms. The predicted molar refractivity (Wildman–Crippen MR) is 114 cm³/mol. The minimum atomic E-state index is -0.528. The van der Waals surface area contributed by atoms with Gasteiger partial charge in [-0.15, -0.1) is 0 Å². The van der Waals surface area contributed by atoms with Gasteiger partial charge >= 0.3 is 0 Å². The van der Waals surface area contributed by atoms with Crippen LogP contribution in [0.5, 0.6) is 11.5 Å². The lowest BCUT2D eigenvalue weighted by Crippen LogP contribution is -1.95. The van der Waals surface area contributed by atoms with Crippen molar-refractivity contribution < 1.29 is 19.3 Å². The normalized spacial score (nSPS) is 12.5. The largest absolute Gasteiger partial charge is 0.454 e. The molecule has 0 unspecified atom stereocenters. The van der Waals surface area contributed by atoms with E-state index in [0.29, 0.717) is 34.2 Å². The van der Waals surface area contributed by atoms with Crippen molar-refractivity contribution in [2.45, 2.75) is 0 Å². The minimum absolute atomic E-state index is 0.0166. The van der Waals surface area contributed by atoms with E-state index in [9.17, 15) is 20.2 Å². The van der Waals surface area contributed by atoms with Crippen LogP contribution in [0.15, 0.2) is 65.8 Å². The van der Waals surface area contributed by atoms with Crippen LogP contribution < -0.4 is 9.47 Å². The van der Waals surface area contributed by atoms with Crippen molar-refractivity contribution in [2.75, 3.05) is 6.79 Å². The van der Waals surface area contributed by atoms with E-state index in [0.717, 1.165) is 0 Å². The summed E-state index contributed by atoms with van der Waals surface area (Å²) < 4.78 is 12.2. The number of hydrogen-bond acceptors (Lipinski definition) is 8. The Morgan fingerprint density at radius 2 is 1.81 bits per heavy atom. The summed E-state index contributed by atoms with van der Waals surface area (Å²) in [6.07, 6.45) is 3.08. The van der Waals surface area contributed by atoms with Gasteiger partial charge in [0.2, 0.25) is 6.79 Å². The van der Waals surface area contributed by atoms with Crippen molar-refractivity contribution >= 4 is 29.1 Å². The van der Waals surface area contributed by atoms with E-state index >= 15 is 0 Å². The average Bonchev–Trinajstić information content (AvgIpc) is 3.41. The molecule has 3 heterocycles. The first-order valence-electron chi connectivity index (χ1n) is 9.35. The number of nitrogens with zero attached hydrogens (tertiary/aromatic N) is 5. The Labute approximate surface area is 179 Å². The van der Waals surface area contributed by atoms with E-state index in [1.54, 1.807) is 40.9 Å². The van der Waals surface area contributed by atoms with E-state index < -0.39 is 9.85 Å². The number of pyridine rings is 1. The number of rotatable bonds is 5. The van der Waals surface area contributed by atoms with Crippen LogP contribution in [0.2, 0.25) is 0 Å². The Morgan fingerprint density at radius 1 is 1.00 bits per heavy atom. The van der Waals surface area contributed by atoms with Gasteiger partial charge in [-0.3, -0.25) is 24.6 Å². The molecule has 2 aromatic heterocycles. The Kier molecular flexibility index (Phi) is 4.48. The second kappa shape index (κ2) is 7.47. The molecule has 0 fully saturated rings. The molecule has 32 heavy (non-hydrogen) atoms. The lowest BCUT2D eigenvalue weighted by Gasteiger charge is -2.02. The van der Waals surface area contributed by atoms with Crippen LogP contribution in [-0.4, -0.2) is 32.2 Å². The molecule has 0 amide bonds. The van der Waals surface area contributed by atoms with Gasteiger partial charge in [0.25, 0.3) is 11.4 Å². The summed E-state index contributed by atoms with van der Waals surface area (Å²) in [5.41, 5.74) is 1.41. The van der Waals surface area contributed by atoms with Gasteiger partial charge in [0.05, 0.1) is 21.5 Å². The molecule has 0 aliphatic carbocycles. The first kappa shape index (κ1) is 19.2. The smallest absolute Gasteiger partial charge is 0.282 e. The van der Waals surface area contributed by atoms with Gasteiger partial charge in [-0.05, 0) is 18.2 Å². The number of aromatic nitrogens is 2. The lowest BCUT2D eigenvalue weighted by molar-refractivity contribution is -0.385. The maximum atomic E-state index is 11.6. The Balaban J connectivity index is 1.66. The highest BCUT2D eigenvalue weighted by Crippen LogP contribution is 2.38. The number of nitro groups is 2. The molecule has 0 atom stereocenters. The molecule has 0 saturated carbocycles. The van der Waals surface area contributed by atoms with Crippen molar-refractivity contribution in [1.29, 1.82) is 0 Å². The molecule has 0 bridgehead atoms. The molecule has 11 nitrogen and oxygen atoms in total. The number of imidazole rings is 1. The lowest BCUT2D eigenvalue weighted by atomic mass is 10.1. The van der Waals surface area contributed by atoms with Gasteiger partial charge < -0.3 is 9.47 Å². The molecule has 158 valence electrons. The average molecular weight is 431 g/mol. The molecular formula is C21H13N5O6. The van der Waals surface area contributed by atoms with Gasteiger partial charge in [-0.1, -0.05) is 18.2 Å². The summed E-state index contributed by atoms with van der Waals surface area (Å²) >= 11 is 0. The van der Waals surface area contributed by atoms with Crippen molar-refractivity contribution in [1.82, 2.24) is 9.38 Å². The van der Waals surface area contributed by atoms with Crippen molar-refractivity contribution in [3.8, 4) is 22.8 Å². The molecule has 2 aromatic carbocycles. The van der Waals surface area contributed by atoms with Gasteiger partial charge in [-0.25, -0.2) is 9.98 Å². The molecule has 0 saturated heterocycles. The molecule has 0 N–H and O–H groups in total. The SMILES string of the molecule is O=[N+]([O-])c1cccc(-c2nc3ccccn3c2N=Cc2cc3c(cc2[N+](=O)[O-])OCO3)c1. The van der Waals surface area contributed by atoms with Crippen LogP contribution in [0.4, 0.5) is 17.2 Å². The van der Waals surface area contributed by atoms with Crippen LogP contribution >= 0.6 is 0 Å². The minimum Gasteiger partial charge on any atom is -0.454 e. The molecule has 4 aromatic rings. The number of nitro benzene ring substituents is 2. The van der Waals surface area contributed by atoms with E-state index in [1.165, 1.54) is 30.5 Å². The fourth-order valence-electron chi connectivity index (χ4n) is 3.41. The van der Waals surface area contributed by atoms with E-state index in [4.69, 9.17) is 9.47 Å². The Hall–Kier alpha value is -4.80. The summed E-state index contributed by atoms with van der Waals surface area (Å²) in [6.45, 7) is -0.0166. The molecule has 5 rings (SSSR count). The Bertz CT molecular complexity index is 1430. The van der Waals surface area contributed by atoms with Gasteiger partial charge in [0.1, 0.15) is 11.3 Å². The third-order valence-electron chi connectivity index (χ3n) is 4.88. The second-order valence-corrected chi connectivity index (χ2v) is 6.80. The van der Waals surface area contributed by atoms with Crippen molar-refractivity contribution in [3.05, 3.63) is 86.6 Å². The number of fused-ring (bicyclic) bond motifs is 2. The van der Waals surface area contributed by atoms with Crippen molar-refractivity contribution in [3.63, 3.8) is 0 Å². The summed E-state index contributed by atoms with van der Waals surface area (Å²) in [5.74, 6) is 1.04. The first-order valence-corrected chi connectivity index (χ1v) is 9.35. The highest BCUT2D eigenvalue weighted by molar-refractivity contribution is 5.90. The first-order chi connectivity index (χ1) is 15.5. The van der Waals surface area contributed by atoms with Crippen LogP contribution in [0.25, 0.3) is 16.9 Å². The zero-order valence-electron chi connectivity index (χ0n) is 16.2. The molecule has 1 aliphatic heterocycles. The number of non-ortho nitro benzene ring substituents is 1. The second-order valence-electron chi connectivity index (χ2n) is 6.80. The summed E-state index contributed by atoms with van der Waals surface area (Å²) in [7, 11) is 0. The van der Waals surface area contributed by atoms with E-state index in [-0.39, 0.29) is 23.7 Å². The number of aliphatic imine (C=N–C) groups is 1. The van der Waals surface area contributed by atoms with Gasteiger partial charge in [0, 0.05) is 30.1 Å². The molecule has 0 spiro atoms.